The molecule has 1 aromatic carbocycles. The van der Waals surface area contributed by atoms with Crippen molar-refractivity contribution in [1.29, 1.82) is 0 Å². The van der Waals surface area contributed by atoms with Crippen molar-refractivity contribution in [3.05, 3.63) is 81.6 Å². The van der Waals surface area contributed by atoms with Gasteiger partial charge in [0.15, 0.2) is 5.82 Å². The van der Waals surface area contributed by atoms with Gasteiger partial charge in [0.2, 0.25) is 0 Å². The lowest BCUT2D eigenvalue weighted by Crippen LogP contribution is -2.31. The van der Waals surface area contributed by atoms with Crippen molar-refractivity contribution in [2.75, 3.05) is 25.0 Å². The maximum atomic E-state index is 12.8. The number of anilines is 1. The van der Waals surface area contributed by atoms with Crippen LogP contribution in [0.25, 0.3) is 0 Å². The number of aliphatic imine (C=N–C) groups is 1. The Labute approximate surface area is 177 Å². The Hall–Kier alpha value is -3.19. The van der Waals surface area contributed by atoms with E-state index in [0.29, 0.717) is 37.8 Å². The number of hydrogen-bond acceptors (Lipinski definition) is 6. The van der Waals surface area contributed by atoms with Gasteiger partial charge in [-0.05, 0) is 43.9 Å². The molecule has 0 unspecified atom stereocenters. The van der Waals surface area contributed by atoms with Crippen LogP contribution in [0.3, 0.4) is 0 Å². The summed E-state index contributed by atoms with van der Waals surface area (Å²) in [6.07, 6.45) is 7.27. The summed E-state index contributed by atoms with van der Waals surface area (Å²) < 4.78 is 1.76. The van der Waals surface area contributed by atoms with Crippen LogP contribution in [-0.4, -0.2) is 35.0 Å². The van der Waals surface area contributed by atoms with Gasteiger partial charge in [0.05, 0.1) is 0 Å². The number of aryl methyl sites for hydroxylation is 1. The maximum absolute atomic E-state index is 12.8. The van der Waals surface area contributed by atoms with Gasteiger partial charge in [0.25, 0.3) is 5.56 Å². The fraction of sp³-hybridized carbons (Fsp3) is 0.348. The maximum Gasteiger partial charge on any atom is 0.293 e. The Balaban J connectivity index is 1.54. The lowest BCUT2D eigenvalue weighted by atomic mass is 10.1. The van der Waals surface area contributed by atoms with Crippen LogP contribution in [0, 0.1) is 6.92 Å². The average Bonchev–Trinajstić information content (AvgIpc) is 2.89. The fourth-order valence-corrected chi connectivity index (χ4v) is 3.35. The molecule has 7 nitrogen and oxygen atoms in total. The van der Waals surface area contributed by atoms with E-state index in [1.54, 1.807) is 10.8 Å². The molecule has 1 aliphatic rings. The number of nitrogens with zero attached hydrogens (tertiary/aromatic N) is 3. The summed E-state index contributed by atoms with van der Waals surface area (Å²) in [5.41, 5.74) is 9.93. The summed E-state index contributed by atoms with van der Waals surface area (Å²) in [4.78, 5) is 21.5. The van der Waals surface area contributed by atoms with Crippen molar-refractivity contribution >= 4 is 11.7 Å². The number of allylic oxidation sites excluding steroid dienone is 2. The van der Waals surface area contributed by atoms with Gasteiger partial charge in [-0.15, -0.1) is 0 Å². The van der Waals surface area contributed by atoms with E-state index in [1.165, 1.54) is 11.1 Å². The molecule has 0 spiro atoms. The lowest BCUT2D eigenvalue weighted by molar-refractivity contribution is 0.586. The predicted molar refractivity (Wildman–Crippen MR) is 123 cm³/mol. The first-order valence-electron chi connectivity index (χ1n) is 10.3. The van der Waals surface area contributed by atoms with Crippen LogP contribution in [0.15, 0.2) is 69.7 Å². The molecule has 0 aliphatic carbocycles. The predicted octanol–water partition coefficient (Wildman–Crippen LogP) is 2.39. The molecule has 30 heavy (non-hydrogen) atoms. The Morgan fingerprint density at radius 3 is 2.77 bits per heavy atom. The molecule has 0 bridgehead atoms. The third kappa shape index (κ3) is 5.90. The minimum atomic E-state index is -0.0879. The molecule has 0 saturated heterocycles. The molecule has 4 N–H and O–H groups in total. The number of hydrogen-bond donors (Lipinski definition) is 3. The van der Waals surface area contributed by atoms with Crippen molar-refractivity contribution in [2.45, 2.75) is 33.2 Å². The topological polar surface area (TPSA) is 97.3 Å². The van der Waals surface area contributed by atoms with E-state index in [9.17, 15) is 4.79 Å². The Kier molecular flexibility index (Phi) is 7.57. The van der Waals surface area contributed by atoms with Crippen LogP contribution in [0.2, 0.25) is 0 Å². The van der Waals surface area contributed by atoms with Gasteiger partial charge in [0, 0.05) is 43.8 Å². The van der Waals surface area contributed by atoms with Gasteiger partial charge in [-0.2, -0.15) is 0 Å². The van der Waals surface area contributed by atoms with Crippen LogP contribution in [0.4, 0.5) is 5.82 Å². The van der Waals surface area contributed by atoms with Gasteiger partial charge in [-0.3, -0.25) is 4.79 Å². The van der Waals surface area contributed by atoms with Gasteiger partial charge in [-0.1, -0.05) is 36.4 Å². The van der Waals surface area contributed by atoms with Crippen LogP contribution >= 0.6 is 0 Å². The van der Waals surface area contributed by atoms with E-state index in [1.807, 2.05) is 44.2 Å². The Morgan fingerprint density at radius 2 is 1.97 bits per heavy atom. The largest absolute Gasteiger partial charge is 0.384 e. The van der Waals surface area contributed by atoms with Crippen molar-refractivity contribution in [3.8, 4) is 0 Å². The first-order valence-corrected chi connectivity index (χ1v) is 10.3. The van der Waals surface area contributed by atoms with Crippen molar-refractivity contribution in [2.24, 2.45) is 10.7 Å². The van der Waals surface area contributed by atoms with Crippen molar-refractivity contribution < 1.29 is 0 Å². The first kappa shape index (κ1) is 21.5. The van der Waals surface area contributed by atoms with Gasteiger partial charge in [-0.25, -0.2) is 9.98 Å². The first-order chi connectivity index (χ1) is 14.5. The van der Waals surface area contributed by atoms with E-state index in [2.05, 4.69) is 32.7 Å². The molecule has 7 heteroatoms. The monoisotopic (exact) mass is 406 g/mol. The van der Waals surface area contributed by atoms with Crippen LogP contribution < -0.4 is 21.9 Å². The molecule has 2 aromatic rings. The zero-order valence-corrected chi connectivity index (χ0v) is 17.7. The third-order valence-electron chi connectivity index (χ3n) is 5.11. The highest BCUT2D eigenvalue weighted by Crippen LogP contribution is 2.13. The van der Waals surface area contributed by atoms with Gasteiger partial charge < -0.3 is 20.9 Å². The molecule has 1 aromatic heterocycles. The van der Waals surface area contributed by atoms with E-state index in [-0.39, 0.29) is 5.56 Å². The fourth-order valence-electron chi connectivity index (χ4n) is 3.35. The van der Waals surface area contributed by atoms with Crippen LogP contribution in [-0.2, 0) is 13.0 Å². The molecule has 158 valence electrons. The minimum Gasteiger partial charge on any atom is -0.384 e. The lowest BCUT2D eigenvalue weighted by Gasteiger charge is -2.14. The molecule has 0 saturated carbocycles. The van der Waals surface area contributed by atoms with E-state index in [4.69, 9.17) is 5.73 Å². The molecule has 0 fully saturated rings. The zero-order valence-electron chi connectivity index (χ0n) is 17.7. The number of nitrogens with one attached hydrogen (secondary N) is 2. The number of amidine groups is 1. The molecule has 0 radical (unpaired) electrons. The minimum absolute atomic E-state index is 0.0879. The number of nitrogens with two attached hydrogens (primary N) is 1. The van der Waals surface area contributed by atoms with E-state index in [0.717, 1.165) is 24.2 Å². The summed E-state index contributed by atoms with van der Waals surface area (Å²) in [6, 6.07) is 10.2. The van der Waals surface area contributed by atoms with E-state index >= 15 is 0 Å². The molecule has 1 aliphatic heterocycles. The average molecular weight is 407 g/mol. The highest BCUT2D eigenvalue weighted by atomic mass is 16.1. The SMILES string of the molecule is CC1=C(CNCCn2c(C)cnc(NCCc3ccccc3)c2=O)CC=CC(N)=N1. The number of aromatic nitrogens is 2. The highest BCUT2D eigenvalue weighted by molar-refractivity contribution is 5.92. The second kappa shape index (κ2) is 10.5. The smallest absolute Gasteiger partial charge is 0.293 e. The van der Waals surface area contributed by atoms with Gasteiger partial charge in [0.1, 0.15) is 5.84 Å². The van der Waals surface area contributed by atoms with Crippen LogP contribution in [0.1, 0.15) is 24.6 Å². The molecule has 2 heterocycles. The Morgan fingerprint density at radius 1 is 1.17 bits per heavy atom. The molecule has 0 atom stereocenters. The second-order valence-electron chi connectivity index (χ2n) is 7.38. The molecule has 3 rings (SSSR count). The summed E-state index contributed by atoms with van der Waals surface area (Å²) in [5.74, 6) is 0.933. The third-order valence-corrected chi connectivity index (χ3v) is 5.11. The second-order valence-corrected chi connectivity index (χ2v) is 7.38. The summed E-state index contributed by atoms with van der Waals surface area (Å²) in [7, 11) is 0. The molecule has 0 amide bonds. The zero-order chi connectivity index (χ0) is 21.3. The van der Waals surface area contributed by atoms with Gasteiger partial charge >= 0.3 is 0 Å². The standard InChI is InChI=1S/C23H30N6O/c1-17-15-27-22(26-12-11-19-7-4-3-5-8-19)23(30)29(17)14-13-25-16-20-9-6-10-21(24)28-18(20)2/h3-8,10,15,25H,9,11-14,16H2,1-2H3,(H2,24,28)(H,26,27). The molecular weight excluding hydrogens is 376 g/mol. The normalized spacial score (nSPS) is 13.9. The summed E-state index contributed by atoms with van der Waals surface area (Å²) in [6.45, 7) is 6.51. The highest BCUT2D eigenvalue weighted by Gasteiger charge is 2.09. The quantitative estimate of drug-likeness (QED) is 0.556. The Bertz CT molecular complexity index is 1000. The van der Waals surface area contributed by atoms with Crippen molar-refractivity contribution in [1.82, 2.24) is 14.9 Å². The van der Waals surface area contributed by atoms with Crippen molar-refractivity contribution in [3.63, 3.8) is 0 Å². The summed E-state index contributed by atoms with van der Waals surface area (Å²) in [5, 5.41) is 6.59. The molecular formula is C23H30N6O. The number of benzene rings is 1. The van der Waals surface area contributed by atoms with E-state index < -0.39 is 0 Å². The number of rotatable bonds is 9. The van der Waals surface area contributed by atoms with Crippen LogP contribution in [0.5, 0.6) is 0 Å². The summed E-state index contributed by atoms with van der Waals surface area (Å²) >= 11 is 0.